The van der Waals surface area contributed by atoms with E-state index >= 15 is 0 Å². The second-order valence-corrected chi connectivity index (χ2v) is 8.26. The third kappa shape index (κ3) is 4.71. The number of hydrogen-bond acceptors (Lipinski definition) is 3. The summed E-state index contributed by atoms with van der Waals surface area (Å²) in [6.45, 7) is 6.04. The van der Waals surface area contributed by atoms with Crippen LogP contribution in [0.5, 0.6) is 0 Å². The number of piperidine rings is 1. The molecule has 2 fully saturated rings. The number of benzene rings is 1. The highest BCUT2D eigenvalue weighted by atomic mass is 16.2. The van der Waals surface area contributed by atoms with Crippen LogP contribution in [0.1, 0.15) is 31.2 Å². The number of amides is 1. The Balaban J connectivity index is 1.22. The van der Waals surface area contributed by atoms with Crippen molar-refractivity contribution >= 4 is 12.0 Å². The number of rotatable bonds is 7. The van der Waals surface area contributed by atoms with E-state index in [2.05, 4.69) is 38.7 Å². The molecule has 1 spiro atoms. The van der Waals surface area contributed by atoms with Crippen LogP contribution >= 0.6 is 0 Å². The van der Waals surface area contributed by atoms with Gasteiger partial charge in [-0.3, -0.25) is 4.79 Å². The van der Waals surface area contributed by atoms with Gasteiger partial charge in [0.15, 0.2) is 0 Å². The monoisotopic (exact) mass is 378 g/mol. The van der Waals surface area contributed by atoms with E-state index in [4.69, 9.17) is 0 Å². The van der Waals surface area contributed by atoms with Crippen molar-refractivity contribution in [3.05, 3.63) is 60.7 Å². The number of aryl methyl sites for hydroxylation is 1. The fourth-order valence-electron chi connectivity index (χ4n) is 4.51. The van der Waals surface area contributed by atoms with Crippen molar-refractivity contribution in [2.75, 3.05) is 32.7 Å². The fraction of sp³-hybridized carbons (Fsp3) is 0.478. The van der Waals surface area contributed by atoms with Crippen molar-refractivity contribution in [3.8, 4) is 0 Å². The quantitative estimate of drug-likeness (QED) is 0.742. The zero-order chi connectivity index (χ0) is 19.2. The van der Waals surface area contributed by atoms with Gasteiger partial charge >= 0.3 is 0 Å². The molecule has 148 valence electrons. The lowest BCUT2D eigenvalue weighted by Gasteiger charge is -2.38. The zero-order valence-corrected chi connectivity index (χ0v) is 16.5. The highest BCUT2D eigenvalue weighted by Gasteiger charge is 2.44. The molecule has 0 radical (unpaired) electrons. The maximum Gasteiger partial charge on any atom is 0.223 e. The summed E-state index contributed by atoms with van der Waals surface area (Å²) in [5, 5.41) is 0. The van der Waals surface area contributed by atoms with Crippen molar-refractivity contribution in [3.63, 3.8) is 0 Å². The third-order valence-electron chi connectivity index (χ3n) is 6.21. The van der Waals surface area contributed by atoms with Gasteiger partial charge in [0.25, 0.3) is 0 Å². The number of imidazole rings is 1. The molecule has 5 heteroatoms. The van der Waals surface area contributed by atoms with Crippen LogP contribution in [0.2, 0.25) is 0 Å². The van der Waals surface area contributed by atoms with Crippen LogP contribution in [-0.4, -0.2) is 58.0 Å². The highest BCUT2D eigenvalue weighted by Crippen LogP contribution is 2.40. The van der Waals surface area contributed by atoms with E-state index in [-0.39, 0.29) is 5.41 Å². The van der Waals surface area contributed by atoms with Crippen LogP contribution in [0, 0.1) is 5.41 Å². The predicted octanol–water partition coefficient (Wildman–Crippen LogP) is 3.30. The standard InChI is InChI=1S/C23H30N4O/c28-22-18-23(19-27(22)14-4-8-21-6-2-1-3-7-21)9-15-25(16-10-23)12-5-13-26-17-11-24-20-26/h1-4,6-8,11,17,20H,5,9-10,12-16,18-19H2/b8-4+. The van der Waals surface area contributed by atoms with E-state index in [9.17, 15) is 4.79 Å². The van der Waals surface area contributed by atoms with Crippen molar-refractivity contribution in [1.82, 2.24) is 19.4 Å². The molecule has 4 rings (SSSR count). The minimum absolute atomic E-state index is 0.207. The Labute approximate surface area is 167 Å². The van der Waals surface area contributed by atoms with E-state index in [1.165, 1.54) is 5.56 Å². The molecule has 3 heterocycles. The van der Waals surface area contributed by atoms with Gasteiger partial charge in [0.1, 0.15) is 0 Å². The van der Waals surface area contributed by atoms with E-state index in [1.807, 2.05) is 41.8 Å². The van der Waals surface area contributed by atoms with Crippen molar-refractivity contribution in [2.24, 2.45) is 5.41 Å². The van der Waals surface area contributed by atoms with Crippen molar-refractivity contribution < 1.29 is 4.79 Å². The minimum Gasteiger partial charge on any atom is -0.338 e. The van der Waals surface area contributed by atoms with E-state index in [0.717, 1.165) is 65.0 Å². The molecule has 2 aromatic rings. The number of carbonyl (C=O) groups excluding carboxylic acids is 1. The topological polar surface area (TPSA) is 41.4 Å². The van der Waals surface area contributed by atoms with Gasteiger partial charge < -0.3 is 14.4 Å². The lowest BCUT2D eigenvalue weighted by molar-refractivity contribution is -0.127. The van der Waals surface area contributed by atoms with Gasteiger partial charge in [-0.1, -0.05) is 42.5 Å². The molecule has 0 aliphatic carbocycles. The van der Waals surface area contributed by atoms with E-state index < -0.39 is 0 Å². The number of carbonyl (C=O) groups is 1. The number of likely N-dealkylation sites (tertiary alicyclic amines) is 2. The first-order valence-electron chi connectivity index (χ1n) is 10.4. The Morgan fingerprint density at radius 2 is 1.93 bits per heavy atom. The molecule has 0 atom stereocenters. The Kier molecular flexibility index (Phi) is 5.91. The lowest BCUT2D eigenvalue weighted by atomic mass is 9.77. The van der Waals surface area contributed by atoms with E-state index in [0.29, 0.717) is 5.91 Å². The van der Waals surface area contributed by atoms with Crippen LogP contribution < -0.4 is 0 Å². The average molecular weight is 379 g/mol. The van der Waals surface area contributed by atoms with Gasteiger partial charge in [-0.25, -0.2) is 4.98 Å². The maximum absolute atomic E-state index is 12.5. The summed E-state index contributed by atoms with van der Waals surface area (Å²) in [5.41, 5.74) is 1.39. The van der Waals surface area contributed by atoms with Gasteiger partial charge in [-0.2, -0.15) is 0 Å². The average Bonchev–Trinajstić information content (AvgIpc) is 3.33. The van der Waals surface area contributed by atoms with E-state index in [1.54, 1.807) is 0 Å². The highest BCUT2D eigenvalue weighted by molar-refractivity contribution is 5.79. The zero-order valence-electron chi connectivity index (χ0n) is 16.5. The maximum atomic E-state index is 12.5. The van der Waals surface area contributed by atoms with Gasteiger partial charge in [0.2, 0.25) is 5.91 Å². The molecule has 0 saturated carbocycles. The number of hydrogen-bond donors (Lipinski definition) is 0. The van der Waals surface area contributed by atoms with Crippen molar-refractivity contribution in [2.45, 2.75) is 32.2 Å². The summed E-state index contributed by atoms with van der Waals surface area (Å²) in [5.74, 6) is 0.325. The van der Waals surface area contributed by atoms with Gasteiger partial charge in [-0.15, -0.1) is 0 Å². The second-order valence-electron chi connectivity index (χ2n) is 8.26. The van der Waals surface area contributed by atoms with Crippen LogP contribution in [0.25, 0.3) is 6.08 Å². The minimum atomic E-state index is 0.207. The molecule has 0 N–H and O–H groups in total. The Bertz CT molecular complexity index is 776. The summed E-state index contributed by atoms with van der Waals surface area (Å²) >= 11 is 0. The second kappa shape index (κ2) is 8.74. The molecule has 28 heavy (non-hydrogen) atoms. The van der Waals surface area contributed by atoms with Crippen LogP contribution in [-0.2, 0) is 11.3 Å². The van der Waals surface area contributed by atoms with Gasteiger partial charge in [0, 0.05) is 38.4 Å². The van der Waals surface area contributed by atoms with Gasteiger partial charge in [-0.05, 0) is 49.9 Å². The van der Waals surface area contributed by atoms with Crippen LogP contribution in [0.3, 0.4) is 0 Å². The molecule has 5 nitrogen and oxygen atoms in total. The summed E-state index contributed by atoms with van der Waals surface area (Å²) in [4.78, 5) is 21.3. The van der Waals surface area contributed by atoms with Crippen LogP contribution in [0.4, 0.5) is 0 Å². The summed E-state index contributed by atoms with van der Waals surface area (Å²) in [7, 11) is 0. The SMILES string of the molecule is O=C1CC2(CCN(CCCn3ccnc3)CC2)CN1C/C=C/c1ccccc1. The molecule has 1 amide bonds. The van der Waals surface area contributed by atoms with Gasteiger partial charge in [0.05, 0.1) is 6.33 Å². The predicted molar refractivity (Wildman–Crippen MR) is 112 cm³/mol. The molecular formula is C23H30N4O. The first-order chi connectivity index (χ1) is 13.7. The Hall–Kier alpha value is -2.40. The Morgan fingerprint density at radius 1 is 1.11 bits per heavy atom. The first-order valence-corrected chi connectivity index (χ1v) is 10.4. The smallest absolute Gasteiger partial charge is 0.223 e. The fourth-order valence-corrected chi connectivity index (χ4v) is 4.51. The van der Waals surface area contributed by atoms with Crippen molar-refractivity contribution in [1.29, 1.82) is 0 Å². The molecule has 1 aromatic carbocycles. The number of aromatic nitrogens is 2. The molecule has 2 aliphatic rings. The molecule has 0 unspecified atom stereocenters. The number of nitrogens with zero attached hydrogens (tertiary/aromatic N) is 4. The molecule has 2 aliphatic heterocycles. The van der Waals surface area contributed by atoms with Crippen LogP contribution in [0.15, 0.2) is 55.1 Å². The summed E-state index contributed by atoms with van der Waals surface area (Å²) in [6.07, 6.45) is 14.1. The molecule has 1 aromatic heterocycles. The normalized spacial score (nSPS) is 19.9. The summed E-state index contributed by atoms with van der Waals surface area (Å²) < 4.78 is 2.14. The first kappa shape index (κ1) is 18.9. The molecular weight excluding hydrogens is 348 g/mol. The largest absolute Gasteiger partial charge is 0.338 e. The summed E-state index contributed by atoms with van der Waals surface area (Å²) in [6, 6.07) is 10.3. The Morgan fingerprint density at radius 3 is 2.68 bits per heavy atom. The molecule has 0 bridgehead atoms. The third-order valence-corrected chi connectivity index (χ3v) is 6.21. The molecule has 2 saturated heterocycles. The lowest BCUT2D eigenvalue weighted by Crippen LogP contribution is -2.42.